The Bertz CT molecular complexity index is 979. The average Bonchev–Trinajstić information content (AvgIpc) is 2.96. The fourth-order valence-electron chi connectivity index (χ4n) is 4.47. The van der Waals surface area contributed by atoms with Crippen molar-refractivity contribution in [1.29, 1.82) is 0 Å². The van der Waals surface area contributed by atoms with E-state index in [2.05, 4.69) is 5.32 Å². The van der Waals surface area contributed by atoms with Crippen LogP contribution < -0.4 is 10.2 Å². The van der Waals surface area contributed by atoms with Crippen molar-refractivity contribution in [3.8, 4) is 0 Å². The highest BCUT2D eigenvalue weighted by molar-refractivity contribution is 6.10. The van der Waals surface area contributed by atoms with Crippen molar-refractivity contribution in [2.24, 2.45) is 5.92 Å². The molecular weight excluding hydrogens is 380 g/mol. The number of nitrogens with zero attached hydrogens (tertiary/aromatic N) is 1. The van der Waals surface area contributed by atoms with Crippen molar-refractivity contribution < 1.29 is 19.5 Å². The number of hydrogen-bond acceptors (Lipinski definition) is 4. The number of para-hydroxylation sites is 1. The molecule has 1 heterocycles. The Hall–Kier alpha value is -2.99. The molecule has 0 aromatic heterocycles. The van der Waals surface area contributed by atoms with Crippen LogP contribution in [0.3, 0.4) is 0 Å². The number of amides is 2. The summed E-state index contributed by atoms with van der Waals surface area (Å²) in [6.07, 6.45) is 4.88. The van der Waals surface area contributed by atoms with Gasteiger partial charge in [-0.2, -0.15) is 0 Å². The third-order valence-corrected chi connectivity index (χ3v) is 6.24. The molecule has 1 fully saturated rings. The van der Waals surface area contributed by atoms with Gasteiger partial charge in [-0.05, 0) is 43.2 Å². The maximum Gasteiger partial charge on any atom is 0.263 e. The number of ketones is 1. The van der Waals surface area contributed by atoms with Crippen molar-refractivity contribution in [3.05, 3.63) is 59.7 Å². The molecule has 0 radical (unpaired) electrons. The van der Waals surface area contributed by atoms with Gasteiger partial charge in [0.25, 0.3) is 5.91 Å². The fourth-order valence-corrected chi connectivity index (χ4v) is 4.47. The van der Waals surface area contributed by atoms with Gasteiger partial charge in [0.15, 0.2) is 11.4 Å². The topological polar surface area (TPSA) is 86.7 Å². The van der Waals surface area contributed by atoms with E-state index in [9.17, 15) is 19.5 Å². The van der Waals surface area contributed by atoms with Gasteiger partial charge >= 0.3 is 0 Å². The van der Waals surface area contributed by atoms with Crippen LogP contribution >= 0.6 is 0 Å². The van der Waals surface area contributed by atoms with E-state index in [1.165, 1.54) is 11.3 Å². The molecule has 0 bridgehead atoms. The molecule has 2 aromatic rings. The first-order chi connectivity index (χ1) is 14.4. The third kappa shape index (κ3) is 3.63. The molecular formula is C24H26N2O4. The smallest absolute Gasteiger partial charge is 0.263 e. The summed E-state index contributed by atoms with van der Waals surface area (Å²) in [6, 6.07) is 13.6. The van der Waals surface area contributed by atoms with Gasteiger partial charge in [-0.15, -0.1) is 0 Å². The number of Topliss-reactive ketones (excluding diaryl/α,β-unsaturated/α-hetero) is 1. The number of benzene rings is 2. The van der Waals surface area contributed by atoms with Gasteiger partial charge in [-0.1, -0.05) is 37.5 Å². The molecule has 4 rings (SSSR count). The van der Waals surface area contributed by atoms with Crippen molar-refractivity contribution in [3.63, 3.8) is 0 Å². The maximum absolute atomic E-state index is 12.8. The first-order valence-electron chi connectivity index (χ1n) is 10.4. The van der Waals surface area contributed by atoms with E-state index in [1.54, 1.807) is 55.6 Å². The molecule has 2 amide bonds. The van der Waals surface area contributed by atoms with Crippen LogP contribution in [0.1, 0.15) is 54.4 Å². The molecule has 1 atom stereocenters. The van der Waals surface area contributed by atoms with Crippen LogP contribution in [0.4, 0.5) is 11.4 Å². The maximum atomic E-state index is 12.8. The zero-order valence-electron chi connectivity index (χ0n) is 17.1. The number of hydrogen-bond donors (Lipinski definition) is 2. The summed E-state index contributed by atoms with van der Waals surface area (Å²) in [5, 5.41) is 14.0. The fraction of sp³-hybridized carbons (Fsp3) is 0.375. The first kappa shape index (κ1) is 20.3. The standard InChI is InChI=1S/C24H26N2O4/c1-26-20-10-6-5-9-19(20)24(30,23(26)29)15-21(27)16-11-13-18(14-12-16)25-22(28)17-7-3-2-4-8-17/h5-6,9-14,17,30H,2-4,7-8,15H2,1H3,(H,25,28)/t24-/m1/s1. The van der Waals surface area contributed by atoms with E-state index in [1.807, 2.05) is 0 Å². The average molecular weight is 406 g/mol. The van der Waals surface area contributed by atoms with E-state index in [0.717, 1.165) is 25.7 Å². The molecule has 0 unspecified atom stereocenters. The first-order valence-corrected chi connectivity index (χ1v) is 10.4. The third-order valence-electron chi connectivity index (χ3n) is 6.24. The summed E-state index contributed by atoms with van der Waals surface area (Å²) in [7, 11) is 1.59. The summed E-state index contributed by atoms with van der Waals surface area (Å²) in [6.45, 7) is 0. The summed E-state index contributed by atoms with van der Waals surface area (Å²) in [5.41, 5.74) is 0.221. The van der Waals surface area contributed by atoms with E-state index in [-0.39, 0.29) is 24.0 Å². The van der Waals surface area contributed by atoms with Gasteiger partial charge in [0.05, 0.1) is 12.1 Å². The van der Waals surface area contributed by atoms with Crippen molar-refractivity contribution in [2.45, 2.75) is 44.1 Å². The highest BCUT2D eigenvalue weighted by atomic mass is 16.3. The predicted molar refractivity (Wildman–Crippen MR) is 114 cm³/mol. The van der Waals surface area contributed by atoms with Gasteiger partial charge in [-0.3, -0.25) is 14.4 Å². The minimum Gasteiger partial charge on any atom is -0.375 e. The summed E-state index contributed by atoms with van der Waals surface area (Å²) >= 11 is 0. The van der Waals surface area contributed by atoms with Crippen molar-refractivity contribution in [1.82, 2.24) is 0 Å². The van der Waals surface area contributed by atoms with Crippen LogP contribution in [0, 0.1) is 5.92 Å². The van der Waals surface area contributed by atoms with Crippen molar-refractivity contribution in [2.75, 3.05) is 17.3 Å². The minimum atomic E-state index is -1.86. The normalized spacial score (nSPS) is 21.4. The number of likely N-dealkylation sites (N-methyl/N-ethyl adjacent to an activating group) is 1. The number of carbonyl (C=O) groups excluding carboxylic acids is 3. The van der Waals surface area contributed by atoms with Gasteiger partial charge in [0.2, 0.25) is 5.91 Å². The van der Waals surface area contributed by atoms with E-state index >= 15 is 0 Å². The molecule has 1 aliphatic heterocycles. The molecule has 30 heavy (non-hydrogen) atoms. The second kappa shape index (κ2) is 8.03. The number of fused-ring (bicyclic) bond motifs is 1. The summed E-state index contributed by atoms with van der Waals surface area (Å²) in [5.74, 6) is -0.756. The second-order valence-corrected chi connectivity index (χ2v) is 8.24. The molecule has 0 saturated heterocycles. The number of rotatable bonds is 5. The monoisotopic (exact) mass is 406 g/mol. The molecule has 2 aromatic carbocycles. The van der Waals surface area contributed by atoms with Gasteiger partial charge in [0, 0.05) is 29.8 Å². The predicted octanol–water partition coefficient (Wildman–Crippen LogP) is 3.64. The largest absolute Gasteiger partial charge is 0.375 e. The van der Waals surface area contributed by atoms with Gasteiger partial charge in [0.1, 0.15) is 0 Å². The van der Waals surface area contributed by atoms with Crippen LogP contribution in [0.25, 0.3) is 0 Å². The Morgan fingerprint density at radius 3 is 2.43 bits per heavy atom. The van der Waals surface area contributed by atoms with E-state index < -0.39 is 11.5 Å². The molecule has 1 aliphatic carbocycles. The van der Waals surface area contributed by atoms with Crippen LogP contribution in [-0.2, 0) is 15.2 Å². The van der Waals surface area contributed by atoms with Crippen LogP contribution in [0.5, 0.6) is 0 Å². The Balaban J connectivity index is 1.45. The molecule has 6 heteroatoms. The highest BCUT2D eigenvalue weighted by Gasteiger charge is 2.49. The quantitative estimate of drug-likeness (QED) is 0.742. The lowest BCUT2D eigenvalue weighted by atomic mass is 9.88. The summed E-state index contributed by atoms with van der Waals surface area (Å²) < 4.78 is 0. The van der Waals surface area contributed by atoms with Gasteiger partial charge < -0.3 is 15.3 Å². The van der Waals surface area contributed by atoms with Crippen LogP contribution in [0.2, 0.25) is 0 Å². The Kier molecular flexibility index (Phi) is 5.43. The van der Waals surface area contributed by atoms with E-state index in [0.29, 0.717) is 22.5 Å². The SMILES string of the molecule is CN1C(=O)[C@@](O)(CC(=O)c2ccc(NC(=O)C3CCCCC3)cc2)c2ccccc21. The van der Waals surface area contributed by atoms with Crippen LogP contribution in [0.15, 0.2) is 48.5 Å². The molecule has 6 nitrogen and oxygen atoms in total. The number of nitrogens with one attached hydrogen (secondary N) is 1. The van der Waals surface area contributed by atoms with Crippen LogP contribution in [-0.4, -0.2) is 29.8 Å². The summed E-state index contributed by atoms with van der Waals surface area (Å²) in [4.78, 5) is 39.3. The molecule has 2 aliphatic rings. The van der Waals surface area contributed by atoms with E-state index in [4.69, 9.17) is 0 Å². The minimum absolute atomic E-state index is 0.0271. The Morgan fingerprint density at radius 1 is 1.07 bits per heavy atom. The zero-order valence-corrected chi connectivity index (χ0v) is 17.1. The Labute approximate surface area is 175 Å². The molecule has 156 valence electrons. The second-order valence-electron chi connectivity index (χ2n) is 8.24. The van der Waals surface area contributed by atoms with Gasteiger partial charge in [-0.25, -0.2) is 0 Å². The number of aliphatic hydroxyl groups is 1. The molecule has 2 N–H and O–H groups in total. The molecule has 1 saturated carbocycles. The highest BCUT2D eigenvalue weighted by Crippen LogP contribution is 2.42. The lowest BCUT2D eigenvalue weighted by Crippen LogP contribution is -2.40. The lowest BCUT2D eigenvalue weighted by molar-refractivity contribution is -0.135. The molecule has 0 spiro atoms. The number of carbonyl (C=O) groups is 3. The lowest BCUT2D eigenvalue weighted by Gasteiger charge is -2.21. The van der Waals surface area contributed by atoms with Crippen molar-refractivity contribution >= 4 is 29.0 Å². The number of anilines is 2. The zero-order chi connectivity index (χ0) is 21.3. The Morgan fingerprint density at radius 2 is 1.73 bits per heavy atom.